The Bertz CT molecular complexity index is 964. The topological polar surface area (TPSA) is 20.3 Å². The van der Waals surface area contributed by atoms with E-state index in [0.717, 1.165) is 22.3 Å². The standard InChI is InChI=1S/C23H18ClNO/c24-21-12-11-19-16-25(15-17-7-3-1-4-8-17)23(26)22(14-20(19)13-21)18-9-5-2-6-10-18/h1-14H,15-16H2. The molecule has 2 nitrogen and oxygen atoms in total. The zero-order valence-electron chi connectivity index (χ0n) is 14.2. The zero-order valence-corrected chi connectivity index (χ0v) is 15.0. The van der Waals surface area contributed by atoms with Gasteiger partial charge in [0.05, 0.1) is 0 Å². The summed E-state index contributed by atoms with van der Waals surface area (Å²) in [4.78, 5) is 15.2. The number of hydrogen-bond donors (Lipinski definition) is 0. The smallest absolute Gasteiger partial charge is 0.255 e. The molecule has 26 heavy (non-hydrogen) atoms. The molecule has 1 aliphatic heterocycles. The Morgan fingerprint density at radius 1 is 0.885 bits per heavy atom. The second-order valence-corrected chi connectivity index (χ2v) is 6.85. The number of halogens is 1. The van der Waals surface area contributed by atoms with Crippen LogP contribution in [-0.2, 0) is 17.9 Å². The van der Waals surface area contributed by atoms with E-state index >= 15 is 0 Å². The summed E-state index contributed by atoms with van der Waals surface area (Å²) in [6, 6.07) is 25.7. The van der Waals surface area contributed by atoms with Gasteiger partial charge in [0, 0.05) is 23.7 Å². The molecule has 4 rings (SSSR count). The van der Waals surface area contributed by atoms with Gasteiger partial charge in [0.15, 0.2) is 0 Å². The lowest BCUT2D eigenvalue weighted by atomic mass is 10.0. The summed E-state index contributed by atoms with van der Waals surface area (Å²) in [6.45, 7) is 1.14. The average Bonchev–Trinajstić information content (AvgIpc) is 2.80. The molecule has 3 aromatic carbocycles. The molecule has 0 N–H and O–H groups in total. The number of fused-ring (bicyclic) bond motifs is 1. The molecule has 0 fully saturated rings. The predicted molar refractivity (Wildman–Crippen MR) is 106 cm³/mol. The molecule has 0 unspecified atom stereocenters. The van der Waals surface area contributed by atoms with E-state index in [1.807, 2.05) is 89.8 Å². The Kier molecular flexibility index (Phi) is 4.59. The van der Waals surface area contributed by atoms with Crippen LogP contribution >= 0.6 is 11.6 Å². The third-order valence-corrected chi connectivity index (χ3v) is 4.82. The van der Waals surface area contributed by atoms with Gasteiger partial charge < -0.3 is 4.90 Å². The minimum Gasteiger partial charge on any atom is -0.330 e. The molecule has 0 saturated heterocycles. The summed E-state index contributed by atoms with van der Waals surface area (Å²) in [7, 11) is 0. The van der Waals surface area contributed by atoms with E-state index in [9.17, 15) is 4.79 Å². The van der Waals surface area contributed by atoms with Gasteiger partial charge in [-0.2, -0.15) is 0 Å². The molecule has 0 aliphatic carbocycles. The molecule has 0 radical (unpaired) electrons. The van der Waals surface area contributed by atoms with Gasteiger partial charge >= 0.3 is 0 Å². The van der Waals surface area contributed by atoms with E-state index in [1.165, 1.54) is 0 Å². The van der Waals surface area contributed by atoms with E-state index in [-0.39, 0.29) is 5.91 Å². The number of hydrogen-bond acceptors (Lipinski definition) is 1. The van der Waals surface area contributed by atoms with Crippen LogP contribution in [0.5, 0.6) is 0 Å². The Balaban J connectivity index is 1.79. The summed E-state index contributed by atoms with van der Waals surface area (Å²) in [5.74, 6) is 0.0346. The summed E-state index contributed by atoms with van der Waals surface area (Å²) in [5, 5.41) is 0.677. The molecule has 1 aliphatic rings. The maximum atomic E-state index is 13.3. The monoisotopic (exact) mass is 359 g/mol. The van der Waals surface area contributed by atoms with Crippen molar-refractivity contribution in [1.29, 1.82) is 0 Å². The van der Waals surface area contributed by atoms with Gasteiger partial charge in [-0.1, -0.05) is 78.3 Å². The fourth-order valence-corrected chi connectivity index (χ4v) is 3.45. The summed E-state index contributed by atoms with van der Waals surface area (Å²) < 4.78 is 0. The van der Waals surface area contributed by atoms with Gasteiger partial charge in [-0.3, -0.25) is 4.79 Å². The van der Waals surface area contributed by atoms with Crippen molar-refractivity contribution in [2.45, 2.75) is 13.1 Å². The molecule has 0 spiro atoms. The molecule has 1 amide bonds. The molecule has 0 bridgehead atoms. The fraction of sp³-hybridized carbons (Fsp3) is 0.0870. The van der Waals surface area contributed by atoms with Crippen LogP contribution in [0.3, 0.4) is 0 Å². The molecule has 128 valence electrons. The SMILES string of the molecule is O=C1C(c2ccccc2)=Cc2cc(Cl)ccc2CN1Cc1ccccc1. The van der Waals surface area contributed by atoms with Crippen LogP contribution in [-0.4, -0.2) is 10.8 Å². The van der Waals surface area contributed by atoms with Crippen LogP contribution in [0.25, 0.3) is 11.6 Å². The maximum absolute atomic E-state index is 13.3. The number of amides is 1. The number of carbonyl (C=O) groups excluding carboxylic acids is 1. The lowest BCUT2D eigenvalue weighted by Crippen LogP contribution is -2.29. The van der Waals surface area contributed by atoms with Gasteiger partial charge in [-0.15, -0.1) is 0 Å². The first-order chi connectivity index (χ1) is 12.7. The number of rotatable bonds is 3. The molecule has 0 atom stereocenters. The van der Waals surface area contributed by atoms with Crippen molar-refractivity contribution >= 4 is 29.2 Å². The first-order valence-corrected chi connectivity index (χ1v) is 8.97. The van der Waals surface area contributed by atoms with Crippen molar-refractivity contribution in [1.82, 2.24) is 4.90 Å². The first-order valence-electron chi connectivity index (χ1n) is 8.59. The van der Waals surface area contributed by atoms with Crippen LogP contribution in [0, 0.1) is 0 Å². The Hall–Kier alpha value is -2.84. The van der Waals surface area contributed by atoms with Crippen LogP contribution in [0.1, 0.15) is 22.3 Å². The van der Waals surface area contributed by atoms with Crippen molar-refractivity contribution in [3.05, 3.63) is 106 Å². The van der Waals surface area contributed by atoms with E-state index in [1.54, 1.807) is 0 Å². The van der Waals surface area contributed by atoms with Gasteiger partial charge in [-0.05, 0) is 40.5 Å². The van der Waals surface area contributed by atoms with Crippen molar-refractivity contribution in [3.63, 3.8) is 0 Å². The van der Waals surface area contributed by atoms with Crippen LogP contribution < -0.4 is 0 Å². The fourth-order valence-electron chi connectivity index (χ4n) is 3.27. The molecular formula is C23H18ClNO. The van der Waals surface area contributed by atoms with Gasteiger partial charge in [0.25, 0.3) is 5.91 Å². The second-order valence-electron chi connectivity index (χ2n) is 6.41. The summed E-state index contributed by atoms with van der Waals surface area (Å²) >= 11 is 6.20. The predicted octanol–water partition coefficient (Wildman–Crippen LogP) is 5.42. The highest BCUT2D eigenvalue weighted by molar-refractivity contribution is 6.31. The minimum atomic E-state index is 0.0346. The van der Waals surface area contributed by atoms with Crippen molar-refractivity contribution in [2.24, 2.45) is 0 Å². The molecule has 0 aromatic heterocycles. The number of benzene rings is 3. The third kappa shape index (κ3) is 3.42. The highest BCUT2D eigenvalue weighted by Gasteiger charge is 2.24. The molecule has 3 heteroatoms. The van der Waals surface area contributed by atoms with Gasteiger partial charge in [-0.25, -0.2) is 0 Å². The third-order valence-electron chi connectivity index (χ3n) is 4.59. The maximum Gasteiger partial charge on any atom is 0.255 e. The molecular weight excluding hydrogens is 342 g/mol. The molecule has 0 saturated carbocycles. The first kappa shape index (κ1) is 16.6. The van der Waals surface area contributed by atoms with E-state index in [2.05, 4.69) is 0 Å². The van der Waals surface area contributed by atoms with Gasteiger partial charge in [0.2, 0.25) is 0 Å². The second kappa shape index (κ2) is 7.19. The highest BCUT2D eigenvalue weighted by atomic mass is 35.5. The van der Waals surface area contributed by atoms with E-state index < -0.39 is 0 Å². The number of carbonyl (C=O) groups is 1. The quantitative estimate of drug-likeness (QED) is 0.611. The normalized spacial score (nSPS) is 13.8. The van der Waals surface area contributed by atoms with Crippen LogP contribution in [0.4, 0.5) is 0 Å². The van der Waals surface area contributed by atoms with Crippen molar-refractivity contribution in [2.75, 3.05) is 0 Å². The summed E-state index contributed by atoms with van der Waals surface area (Å²) in [5.41, 5.74) is 4.83. The van der Waals surface area contributed by atoms with E-state index in [4.69, 9.17) is 11.6 Å². The Morgan fingerprint density at radius 3 is 2.31 bits per heavy atom. The van der Waals surface area contributed by atoms with Crippen molar-refractivity contribution < 1.29 is 4.79 Å². The number of nitrogens with zero attached hydrogens (tertiary/aromatic N) is 1. The Labute approximate surface area is 158 Å². The highest BCUT2D eigenvalue weighted by Crippen LogP contribution is 2.30. The Morgan fingerprint density at radius 2 is 1.58 bits per heavy atom. The van der Waals surface area contributed by atoms with E-state index in [0.29, 0.717) is 23.7 Å². The van der Waals surface area contributed by atoms with Crippen molar-refractivity contribution in [3.8, 4) is 0 Å². The summed E-state index contributed by atoms with van der Waals surface area (Å²) in [6.07, 6.45) is 1.96. The van der Waals surface area contributed by atoms with Crippen LogP contribution in [0.2, 0.25) is 5.02 Å². The lowest BCUT2D eigenvalue weighted by molar-refractivity contribution is -0.126. The molecule has 1 heterocycles. The molecule has 3 aromatic rings. The average molecular weight is 360 g/mol. The largest absolute Gasteiger partial charge is 0.330 e. The lowest BCUT2D eigenvalue weighted by Gasteiger charge is -2.23. The minimum absolute atomic E-state index is 0.0346. The van der Waals surface area contributed by atoms with Crippen LogP contribution in [0.15, 0.2) is 78.9 Å². The zero-order chi connectivity index (χ0) is 17.9. The van der Waals surface area contributed by atoms with Gasteiger partial charge in [0.1, 0.15) is 0 Å².